The summed E-state index contributed by atoms with van der Waals surface area (Å²) >= 11 is 1.52. The Morgan fingerprint density at radius 2 is 2.12 bits per heavy atom. The number of hydrogen-bond acceptors (Lipinski definition) is 6. The molecule has 0 aliphatic heterocycles. The fourth-order valence-electron chi connectivity index (χ4n) is 2.49. The van der Waals surface area contributed by atoms with E-state index in [1.807, 2.05) is 29.3 Å². The van der Waals surface area contributed by atoms with Crippen LogP contribution in [0.1, 0.15) is 19.2 Å². The zero-order valence-electron chi connectivity index (χ0n) is 14.3. The summed E-state index contributed by atoms with van der Waals surface area (Å²) in [7, 11) is 0. The maximum Gasteiger partial charge on any atom is 0.257 e. The third-order valence-corrected chi connectivity index (χ3v) is 4.47. The summed E-state index contributed by atoms with van der Waals surface area (Å²) in [6.07, 6.45) is 0.860. The molecule has 0 saturated heterocycles. The van der Waals surface area contributed by atoms with Crippen molar-refractivity contribution in [2.75, 3.05) is 18.4 Å². The second kappa shape index (κ2) is 8.68. The Labute approximate surface area is 154 Å². The number of rotatable bonds is 8. The van der Waals surface area contributed by atoms with Crippen LogP contribution in [0.25, 0.3) is 10.8 Å². The van der Waals surface area contributed by atoms with E-state index in [-0.39, 0.29) is 18.1 Å². The summed E-state index contributed by atoms with van der Waals surface area (Å²) in [6, 6.07) is 9.92. The first-order valence-corrected chi connectivity index (χ1v) is 9.16. The average Bonchev–Trinajstić information content (AvgIpc) is 3.28. The Kier molecular flexibility index (Phi) is 6.08. The number of carbonyl (C=O) groups excluding carboxylic acids is 1. The van der Waals surface area contributed by atoms with Gasteiger partial charge in [0.05, 0.1) is 23.7 Å². The van der Waals surface area contributed by atoms with Crippen molar-refractivity contribution in [3.63, 3.8) is 0 Å². The molecule has 0 radical (unpaired) electrons. The fraction of sp³-hybridized carbons (Fsp3) is 0.278. The summed E-state index contributed by atoms with van der Waals surface area (Å²) in [4.78, 5) is 15.0. The van der Waals surface area contributed by atoms with Crippen molar-refractivity contribution in [1.29, 1.82) is 0 Å². The number of carbonyl (C=O) groups is 1. The molecule has 6 nitrogen and oxygen atoms in total. The van der Waals surface area contributed by atoms with Gasteiger partial charge in [0.15, 0.2) is 0 Å². The molecule has 0 atom stereocenters. The quantitative estimate of drug-likeness (QED) is 0.650. The minimum absolute atomic E-state index is 0.110. The molecule has 0 fully saturated rings. The summed E-state index contributed by atoms with van der Waals surface area (Å²) in [5, 5.41) is 12.6. The van der Waals surface area contributed by atoms with Crippen molar-refractivity contribution in [2.45, 2.75) is 19.9 Å². The predicted molar refractivity (Wildman–Crippen MR) is 98.2 cm³/mol. The number of nitrogens with zero attached hydrogens (tertiary/aromatic N) is 3. The lowest BCUT2D eigenvalue weighted by atomic mass is 10.3. The first kappa shape index (κ1) is 18.2. The van der Waals surface area contributed by atoms with E-state index in [4.69, 9.17) is 4.42 Å². The minimum Gasteiger partial charge on any atom is -0.419 e. The lowest BCUT2D eigenvalue weighted by Crippen LogP contribution is -2.33. The Bertz CT molecular complexity index is 851. The van der Waals surface area contributed by atoms with Gasteiger partial charge in [0.25, 0.3) is 5.89 Å². The molecular weight excluding hydrogens is 355 g/mol. The van der Waals surface area contributed by atoms with Crippen LogP contribution < -0.4 is 5.32 Å². The van der Waals surface area contributed by atoms with Crippen LogP contribution in [0.3, 0.4) is 0 Å². The maximum absolute atomic E-state index is 13.7. The standard InChI is InChI=1S/C18H19FN4O2S/c1-2-9-23(11-16(24)20-14-7-4-3-6-13(14)19)12-17-21-22-18(25-17)15-8-5-10-26-15/h3-8,10H,2,9,11-12H2,1H3,(H,20,24). The smallest absolute Gasteiger partial charge is 0.257 e. The second-order valence-electron chi connectivity index (χ2n) is 5.72. The van der Waals surface area contributed by atoms with Crippen LogP contribution >= 0.6 is 11.3 Å². The van der Waals surface area contributed by atoms with E-state index in [0.29, 0.717) is 24.9 Å². The van der Waals surface area contributed by atoms with E-state index in [1.165, 1.54) is 23.5 Å². The number of aromatic nitrogens is 2. The van der Waals surface area contributed by atoms with Crippen LogP contribution in [-0.4, -0.2) is 34.1 Å². The number of benzene rings is 1. The predicted octanol–water partition coefficient (Wildman–Crippen LogP) is 3.79. The van der Waals surface area contributed by atoms with Gasteiger partial charge >= 0.3 is 0 Å². The number of anilines is 1. The lowest BCUT2D eigenvalue weighted by molar-refractivity contribution is -0.117. The Hall–Kier alpha value is -2.58. The number of halogens is 1. The molecule has 0 aliphatic carbocycles. The zero-order chi connectivity index (χ0) is 18.4. The number of nitrogens with one attached hydrogen (secondary N) is 1. The molecule has 26 heavy (non-hydrogen) atoms. The van der Waals surface area contributed by atoms with Crippen molar-refractivity contribution in [3.05, 3.63) is 53.5 Å². The lowest BCUT2D eigenvalue weighted by Gasteiger charge is -2.19. The molecule has 1 N–H and O–H groups in total. The second-order valence-corrected chi connectivity index (χ2v) is 6.66. The van der Waals surface area contributed by atoms with Gasteiger partial charge < -0.3 is 9.73 Å². The van der Waals surface area contributed by atoms with Gasteiger partial charge in [-0.15, -0.1) is 21.5 Å². The van der Waals surface area contributed by atoms with E-state index in [0.717, 1.165) is 11.3 Å². The molecule has 2 heterocycles. The van der Waals surface area contributed by atoms with Gasteiger partial charge in [-0.1, -0.05) is 25.1 Å². The van der Waals surface area contributed by atoms with Crippen molar-refractivity contribution >= 4 is 22.9 Å². The molecular formula is C18H19FN4O2S. The van der Waals surface area contributed by atoms with E-state index >= 15 is 0 Å². The summed E-state index contributed by atoms with van der Waals surface area (Å²) in [5.74, 6) is 0.171. The van der Waals surface area contributed by atoms with Gasteiger partial charge in [-0.2, -0.15) is 0 Å². The summed E-state index contributed by atoms with van der Waals surface area (Å²) in [6.45, 7) is 3.17. The molecule has 0 aliphatic rings. The van der Waals surface area contributed by atoms with Crippen LogP contribution in [0.2, 0.25) is 0 Å². The Morgan fingerprint density at radius 1 is 1.27 bits per heavy atom. The highest BCUT2D eigenvalue weighted by atomic mass is 32.1. The van der Waals surface area contributed by atoms with E-state index in [1.54, 1.807) is 12.1 Å². The molecule has 0 spiro atoms. The Morgan fingerprint density at radius 3 is 2.85 bits per heavy atom. The largest absolute Gasteiger partial charge is 0.419 e. The molecule has 1 aromatic carbocycles. The number of para-hydroxylation sites is 1. The van der Waals surface area contributed by atoms with Crippen molar-refractivity contribution < 1.29 is 13.6 Å². The van der Waals surface area contributed by atoms with E-state index < -0.39 is 5.82 Å². The topological polar surface area (TPSA) is 71.3 Å². The highest BCUT2D eigenvalue weighted by Gasteiger charge is 2.16. The first-order valence-electron chi connectivity index (χ1n) is 8.28. The first-order chi connectivity index (χ1) is 12.7. The maximum atomic E-state index is 13.7. The van der Waals surface area contributed by atoms with Gasteiger partial charge in [0.2, 0.25) is 11.8 Å². The normalized spacial score (nSPS) is 11.0. The van der Waals surface area contributed by atoms with Gasteiger partial charge in [0, 0.05) is 0 Å². The average molecular weight is 374 g/mol. The van der Waals surface area contributed by atoms with Gasteiger partial charge in [-0.3, -0.25) is 9.69 Å². The number of amides is 1. The van der Waals surface area contributed by atoms with Gasteiger partial charge in [0.1, 0.15) is 5.82 Å². The molecule has 0 unspecified atom stereocenters. The van der Waals surface area contributed by atoms with Crippen molar-refractivity contribution in [2.24, 2.45) is 0 Å². The van der Waals surface area contributed by atoms with Crippen molar-refractivity contribution in [1.82, 2.24) is 15.1 Å². The van der Waals surface area contributed by atoms with Crippen LogP contribution in [0.5, 0.6) is 0 Å². The molecule has 136 valence electrons. The third kappa shape index (κ3) is 4.74. The number of hydrogen-bond donors (Lipinski definition) is 1. The molecule has 2 aromatic heterocycles. The molecule has 1 amide bonds. The fourth-order valence-corrected chi connectivity index (χ4v) is 3.14. The van der Waals surface area contributed by atoms with Crippen LogP contribution in [0.4, 0.5) is 10.1 Å². The minimum atomic E-state index is -0.458. The summed E-state index contributed by atoms with van der Waals surface area (Å²) in [5.41, 5.74) is 0.173. The monoisotopic (exact) mass is 374 g/mol. The van der Waals surface area contributed by atoms with Crippen LogP contribution in [-0.2, 0) is 11.3 Å². The number of thiophene rings is 1. The Balaban J connectivity index is 1.62. The van der Waals surface area contributed by atoms with Crippen molar-refractivity contribution in [3.8, 4) is 10.8 Å². The van der Waals surface area contributed by atoms with Gasteiger partial charge in [-0.25, -0.2) is 4.39 Å². The van der Waals surface area contributed by atoms with E-state index in [2.05, 4.69) is 15.5 Å². The molecule has 3 rings (SSSR count). The third-order valence-electron chi connectivity index (χ3n) is 3.61. The van der Waals surface area contributed by atoms with Crippen LogP contribution in [0.15, 0.2) is 46.2 Å². The summed E-state index contributed by atoms with van der Waals surface area (Å²) < 4.78 is 19.3. The molecule has 8 heteroatoms. The van der Waals surface area contributed by atoms with Crippen LogP contribution in [0, 0.1) is 5.82 Å². The van der Waals surface area contributed by atoms with E-state index in [9.17, 15) is 9.18 Å². The highest BCUT2D eigenvalue weighted by Crippen LogP contribution is 2.23. The van der Waals surface area contributed by atoms with Gasteiger partial charge in [-0.05, 0) is 36.5 Å². The molecule has 0 saturated carbocycles. The SMILES string of the molecule is CCCN(CC(=O)Nc1ccccc1F)Cc1nnc(-c2cccs2)o1. The molecule has 0 bridgehead atoms. The molecule has 3 aromatic rings. The highest BCUT2D eigenvalue weighted by molar-refractivity contribution is 7.13. The zero-order valence-corrected chi connectivity index (χ0v) is 15.1.